The van der Waals surface area contributed by atoms with Gasteiger partial charge in [0.15, 0.2) is 18.1 Å². The van der Waals surface area contributed by atoms with Crippen molar-refractivity contribution in [2.24, 2.45) is 0 Å². The maximum atomic E-state index is 12.1. The number of H-pyrrole nitrogens is 1. The van der Waals surface area contributed by atoms with E-state index >= 15 is 0 Å². The van der Waals surface area contributed by atoms with Crippen LogP contribution in [0.4, 0.5) is 5.69 Å². The molecule has 1 amide bonds. The van der Waals surface area contributed by atoms with E-state index < -0.39 is 18.5 Å². The average Bonchev–Trinajstić information content (AvgIpc) is 2.74. The van der Waals surface area contributed by atoms with Crippen molar-refractivity contribution >= 4 is 28.3 Å². The second-order valence-electron chi connectivity index (χ2n) is 6.29. The number of carbonyl (C=O) groups excluding carboxylic acids is 2. The zero-order valence-corrected chi connectivity index (χ0v) is 15.3. The lowest BCUT2D eigenvalue weighted by atomic mass is 10.1. The number of rotatable bonds is 5. The van der Waals surface area contributed by atoms with Crippen molar-refractivity contribution in [3.8, 4) is 11.5 Å². The lowest BCUT2D eigenvalue weighted by molar-refractivity contribution is -0.146. The highest BCUT2D eigenvalue weighted by Crippen LogP contribution is 2.32. The molecule has 1 aliphatic heterocycles. The molecule has 148 valence electrons. The Labute approximate surface area is 164 Å². The molecule has 1 aliphatic rings. The number of hydrogen-bond acceptors (Lipinski definition) is 7. The number of hydrogen-bond donors (Lipinski definition) is 2. The molecule has 0 spiro atoms. The molecule has 0 saturated heterocycles. The van der Waals surface area contributed by atoms with Crippen molar-refractivity contribution in [2.75, 3.05) is 25.1 Å². The molecule has 0 unspecified atom stereocenters. The van der Waals surface area contributed by atoms with Gasteiger partial charge in [-0.3, -0.25) is 14.4 Å². The van der Waals surface area contributed by atoms with Crippen molar-refractivity contribution < 1.29 is 23.8 Å². The summed E-state index contributed by atoms with van der Waals surface area (Å²) in [5.41, 5.74) is 0.539. The quantitative estimate of drug-likeness (QED) is 0.627. The summed E-state index contributed by atoms with van der Waals surface area (Å²) < 4.78 is 15.9. The normalized spacial score (nSPS) is 12.4. The molecule has 0 bridgehead atoms. The van der Waals surface area contributed by atoms with Crippen LogP contribution in [0.1, 0.15) is 5.69 Å². The molecular weight excluding hydrogens is 378 g/mol. The molecular formula is C20H17N3O6. The second-order valence-corrected chi connectivity index (χ2v) is 6.29. The Morgan fingerprint density at radius 3 is 2.66 bits per heavy atom. The van der Waals surface area contributed by atoms with Crippen LogP contribution >= 0.6 is 0 Å². The van der Waals surface area contributed by atoms with Gasteiger partial charge in [0, 0.05) is 17.1 Å². The number of aromatic amines is 1. The first-order valence-corrected chi connectivity index (χ1v) is 8.91. The van der Waals surface area contributed by atoms with Crippen molar-refractivity contribution in [1.82, 2.24) is 10.2 Å². The minimum Gasteiger partial charge on any atom is -0.486 e. The number of fused-ring (bicyclic) bond motifs is 2. The van der Waals surface area contributed by atoms with Gasteiger partial charge in [-0.2, -0.15) is 5.10 Å². The predicted molar refractivity (Wildman–Crippen MR) is 103 cm³/mol. The van der Waals surface area contributed by atoms with Crippen LogP contribution in [0, 0.1) is 0 Å². The highest BCUT2D eigenvalue weighted by Gasteiger charge is 2.15. The smallest absolute Gasteiger partial charge is 0.312 e. The van der Waals surface area contributed by atoms with Gasteiger partial charge in [-0.25, -0.2) is 5.10 Å². The third-order valence-electron chi connectivity index (χ3n) is 4.28. The van der Waals surface area contributed by atoms with Gasteiger partial charge >= 0.3 is 5.97 Å². The third-order valence-corrected chi connectivity index (χ3v) is 4.28. The van der Waals surface area contributed by atoms with Gasteiger partial charge in [-0.1, -0.05) is 18.2 Å². The van der Waals surface area contributed by atoms with E-state index in [1.165, 1.54) is 0 Å². The Morgan fingerprint density at radius 2 is 1.83 bits per heavy atom. The summed E-state index contributed by atoms with van der Waals surface area (Å²) in [6.07, 6.45) is -0.172. The number of benzene rings is 2. The SMILES string of the molecule is O=C(COC(=O)Cc1n[nH]c(=O)c2ccccc12)Nc1ccc2c(c1)OCCO2. The molecule has 29 heavy (non-hydrogen) atoms. The summed E-state index contributed by atoms with van der Waals surface area (Å²) >= 11 is 0. The van der Waals surface area contributed by atoms with E-state index in [4.69, 9.17) is 14.2 Å². The minimum atomic E-state index is -0.632. The van der Waals surface area contributed by atoms with Crippen LogP contribution in [0.3, 0.4) is 0 Å². The van der Waals surface area contributed by atoms with Crippen molar-refractivity contribution in [2.45, 2.75) is 6.42 Å². The maximum Gasteiger partial charge on any atom is 0.312 e. The summed E-state index contributed by atoms with van der Waals surface area (Å²) in [6, 6.07) is 11.8. The molecule has 2 N–H and O–H groups in total. The van der Waals surface area contributed by atoms with E-state index in [9.17, 15) is 14.4 Å². The molecule has 0 aliphatic carbocycles. The number of anilines is 1. The van der Waals surface area contributed by atoms with Crippen molar-refractivity contribution in [3.05, 3.63) is 58.5 Å². The Kier molecular flexibility index (Phi) is 5.10. The van der Waals surface area contributed by atoms with Crippen LogP contribution in [0.5, 0.6) is 11.5 Å². The number of nitrogens with zero attached hydrogens (tertiary/aromatic N) is 1. The number of aromatic nitrogens is 2. The van der Waals surface area contributed by atoms with Crippen molar-refractivity contribution in [1.29, 1.82) is 0 Å². The number of carbonyl (C=O) groups is 2. The first-order chi connectivity index (χ1) is 14.1. The average molecular weight is 395 g/mol. The number of nitrogens with one attached hydrogen (secondary N) is 2. The number of amides is 1. The molecule has 2 aromatic carbocycles. The zero-order chi connectivity index (χ0) is 20.2. The predicted octanol–water partition coefficient (Wildman–Crippen LogP) is 1.42. The topological polar surface area (TPSA) is 120 Å². The van der Waals surface area contributed by atoms with Crippen LogP contribution in [0.25, 0.3) is 10.8 Å². The summed E-state index contributed by atoms with van der Waals surface area (Å²) in [7, 11) is 0. The third kappa shape index (κ3) is 4.18. The van der Waals surface area contributed by atoms with Gasteiger partial charge in [-0.15, -0.1) is 0 Å². The molecule has 3 aromatic rings. The standard InChI is InChI=1S/C20H17N3O6/c24-18(21-12-5-6-16-17(9-12)28-8-7-27-16)11-29-19(25)10-15-13-3-1-2-4-14(13)20(26)23-22-15/h1-6,9H,7-8,10-11H2,(H,21,24)(H,23,26). The second kappa shape index (κ2) is 8.01. The minimum absolute atomic E-state index is 0.172. The van der Waals surface area contributed by atoms with Crippen LogP contribution in [0.15, 0.2) is 47.3 Å². The molecule has 4 rings (SSSR count). The van der Waals surface area contributed by atoms with Crippen LogP contribution in [-0.2, 0) is 20.7 Å². The van der Waals surface area contributed by atoms with Crippen LogP contribution in [0.2, 0.25) is 0 Å². The van der Waals surface area contributed by atoms with E-state index in [2.05, 4.69) is 15.5 Å². The summed E-state index contributed by atoms with van der Waals surface area (Å²) in [4.78, 5) is 36.0. The first-order valence-electron chi connectivity index (χ1n) is 8.91. The molecule has 9 heteroatoms. The van der Waals surface area contributed by atoms with Gasteiger partial charge in [0.2, 0.25) is 0 Å². The van der Waals surface area contributed by atoms with Gasteiger partial charge < -0.3 is 19.5 Å². The van der Waals surface area contributed by atoms with E-state index in [0.717, 1.165) is 0 Å². The Hall–Kier alpha value is -3.88. The van der Waals surface area contributed by atoms with E-state index in [-0.39, 0.29) is 12.0 Å². The van der Waals surface area contributed by atoms with Gasteiger partial charge in [-0.05, 0) is 18.2 Å². The lowest BCUT2D eigenvalue weighted by Gasteiger charge is -2.19. The summed E-state index contributed by atoms with van der Waals surface area (Å²) in [5.74, 6) is 0.0321. The van der Waals surface area contributed by atoms with E-state index in [0.29, 0.717) is 46.9 Å². The highest BCUT2D eigenvalue weighted by atomic mass is 16.6. The van der Waals surface area contributed by atoms with Gasteiger partial charge in [0.1, 0.15) is 13.2 Å². The van der Waals surface area contributed by atoms with E-state index in [1.807, 2.05) is 0 Å². The number of esters is 1. The van der Waals surface area contributed by atoms with Gasteiger partial charge in [0.05, 0.1) is 17.5 Å². The fourth-order valence-corrected chi connectivity index (χ4v) is 2.96. The number of ether oxygens (including phenoxy) is 3. The zero-order valence-electron chi connectivity index (χ0n) is 15.3. The fraction of sp³-hybridized carbons (Fsp3) is 0.200. The fourth-order valence-electron chi connectivity index (χ4n) is 2.96. The Balaban J connectivity index is 1.35. The molecule has 0 fully saturated rings. The largest absolute Gasteiger partial charge is 0.486 e. The van der Waals surface area contributed by atoms with E-state index in [1.54, 1.807) is 42.5 Å². The lowest BCUT2D eigenvalue weighted by Crippen LogP contribution is -2.22. The Bertz CT molecular complexity index is 1140. The maximum absolute atomic E-state index is 12.1. The highest BCUT2D eigenvalue weighted by molar-refractivity contribution is 5.93. The monoisotopic (exact) mass is 395 g/mol. The summed E-state index contributed by atoms with van der Waals surface area (Å²) in [5, 5.41) is 9.90. The first kappa shape index (κ1) is 18.5. The van der Waals surface area contributed by atoms with Gasteiger partial charge in [0.25, 0.3) is 11.5 Å². The molecule has 1 aromatic heterocycles. The molecule has 9 nitrogen and oxygen atoms in total. The Morgan fingerprint density at radius 1 is 1.07 bits per heavy atom. The molecule has 2 heterocycles. The van der Waals surface area contributed by atoms with Crippen LogP contribution < -0.4 is 20.3 Å². The van der Waals surface area contributed by atoms with Crippen LogP contribution in [-0.4, -0.2) is 41.9 Å². The summed E-state index contributed by atoms with van der Waals surface area (Å²) in [6.45, 7) is 0.470. The molecule has 0 atom stereocenters. The molecule has 0 radical (unpaired) electrons. The molecule has 0 saturated carbocycles. The van der Waals surface area contributed by atoms with Crippen molar-refractivity contribution in [3.63, 3.8) is 0 Å².